The second-order valence-corrected chi connectivity index (χ2v) is 5.94. The molecule has 1 heterocycles. The molecule has 110 valence electrons. The molecule has 0 aliphatic heterocycles. The largest absolute Gasteiger partial charge is 0.481 e. The average molecular weight is 304 g/mol. The highest BCUT2D eigenvalue weighted by Gasteiger charge is 2.05. The van der Waals surface area contributed by atoms with E-state index in [1.165, 1.54) is 7.11 Å². The summed E-state index contributed by atoms with van der Waals surface area (Å²) in [5, 5.41) is 1.15. The summed E-state index contributed by atoms with van der Waals surface area (Å²) in [6, 6.07) is 12.7. The van der Waals surface area contributed by atoms with Gasteiger partial charge >= 0.3 is 0 Å². The van der Waals surface area contributed by atoms with E-state index in [0.29, 0.717) is 5.88 Å². The molecule has 6 heteroatoms. The summed E-state index contributed by atoms with van der Waals surface area (Å²) in [6.45, 7) is 0.179. The Kier molecular flexibility index (Phi) is 5.08. The van der Waals surface area contributed by atoms with E-state index in [0.717, 1.165) is 16.5 Å². The van der Waals surface area contributed by atoms with E-state index >= 15 is 0 Å². The SMILES string of the molecule is COc1ccc(CNS(=O)(=O)/C=C/c2ccccc2)cn1. The summed E-state index contributed by atoms with van der Waals surface area (Å²) < 4.78 is 31.1. The lowest BCUT2D eigenvalue weighted by atomic mass is 10.2. The van der Waals surface area contributed by atoms with Crippen LogP contribution in [0, 0.1) is 0 Å². The van der Waals surface area contributed by atoms with Crippen molar-refractivity contribution in [2.24, 2.45) is 0 Å². The minimum atomic E-state index is -3.48. The molecule has 0 saturated heterocycles. The number of aromatic nitrogens is 1. The smallest absolute Gasteiger partial charge is 0.234 e. The first-order chi connectivity index (χ1) is 10.1. The minimum Gasteiger partial charge on any atom is -0.481 e. The highest BCUT2D eigenvalue weighted by molar-refractivity contribution is 7.92. The van der Waals surface area contributed by atoms with Gasteiger partial charge in [0.1, 0.15) is 0 Å². The van der Waals surface area contributed by atoms with Gasteiger partial charge in [-0.25, -0.2) is 18.1 Å². The van der Waals surface area contributed by atoms with Crippen molar-refractivity contribution in [2.45, 2.75) is 6.54 Å². The second kappa shape index (κ2) is 7.01. The van der Waals surface area contributed by atoms with Crippen LogP contribution in [-0.2, 0) is 16.6 Å². The molecule has 0 unspecified atom stereocenters. The minimum absolute atomic E-state index is 0.179. The monoisotopic (exact) mass is 304 g/mol. The third-order valence-corrected chi connectivity index (χ3v) is 3.76. The average Bonchev–Trinajstić information content (AvgIpc) is 2.53. The molecule has 2 aromatic rings. The fraction of sp³-hybridized carbons (Fsp3) is 0.133. The summed E-state index contributed by atoms with van der Waals surface area (Å²) in [4.78, 5) is 4.02. The lowest BCUT2D eigenvalue weighted by Gasteiger charge is -2.04. The highest BCUT2D eigenvalue weighted by Crippen LogP contribution is 2.07. The van der Waals surface area contributed by atoms with Gasteiger partial charge in [-0.2, -0.15) is 0 Å². The Morgan fingerprint density at radius 2 is 1.95 bits per heavy atom. The number of ether oxygens (including phenoxy) is 1. The zero-order chi connectivity index (χ0) is 15.1. The molecule has 0 aliphatic carbocycles. The highest BCUT2D eigenvalue weighted by atomic mass is 32.2. The second-order valence-electron chi connectivity index (χ2n) is 4.29. The zero-order valence-electron chi connectivity index (χ0n) is 11.6. The number of pyridine rings is 1. The summed E-state index contributed by atoms with van der Waals surface area (Å²) in [6.07, 6.45) is 3.12. The molecule has 1 N–H and O–H groups in total. The topological polar surface area (TPSA) is 68.3 Å². The molecule has 0 spiro atoms. The van der Waals surface area contributed by atoms with Crippen LogP contribution in [0.5, 0.6) is 5.88 Å². The zero-order valence-corrected chi connectivity index (χ0v) is 12.4. The van der Waals surface area contributed by atoms with E-state index in [9.17, 15) is 8.42 Å². The third-order valence-electron chi connectivity index (χ3n) is 2.72. The molecular formula is C15H16N2O3S. The molecule has 21 heavy (non-hydrogen) atoms. The van der Waals surface area contributed by atoms with Gasteiger partial charge in [0, 0.05) is 24.2 Å². The van der Waals surface area contributed by atoms with Crippen LogP contribution < -0.4 is 9.46 Å². The Labute approximate surface area is 124 Å². The molecule has 0 bridgehead atoms. The molecule has 0 radical (unpaired) electrons. The number of sulfonamides is 1. The predicted molar refractivity (Wildman–Crippen MR) is 82.0 cm³/mol. The van der Waals surface area contributed by atoms with Crippen LogP contribution in [0.25, 0.3) is 6.08 Å². The number of nitrogens with zero attached hydrogens (tertiary/aromatic N) is 1. The molecular weight excluding hydrogens is 288 g/mol. The molecule has 0 fully saturated rings. The van der Waals surface area contributed by atoms with Crippen LogP contribution >= 0.6 is 0 Å². The Hall–Kier alpha value is -2.18. The summed E-state index contributed by atoms with van der Waals surface area (Å²) in [5.74, 6) is 0.491. The fourth-order valence-corrected chi connectivity index (χ4v) is 2.40. The summed E-state index contributed by atoms with van der Waals surface area (Å²) >= 11 is 0. The van der Waals surface area contributed by atoms with E-state index in [4.69, 9.17) is 4.74 Å². The maximum atomic E-state index is 11.9. The number of hydrogen-bond acceptors (Lipinski definition) is 4. The van der Waals surface area contributed by atoms with E-state index in [2.05, 4.69) is 9.71 Å². The molecule has 5 nitrogen and oxygen atoms in total. The van der Waals surface area contributed by atoms with Crippen LogP contribution in [0.3, 0.4) is 0 Å². The van der Waals surface area contributed by atoms with Crippen molar-refractivity contribution in [3.63, 3.8) is 0 Å². The Morgan fingerprint density at radius 1 is 1.19 bits per heavy atom. The van der Waals surface area contributed by atoms with Crippen molar-refractivity contribution in [2.75, 3.05) is 7.11 Å². The number of benzene rings is 1. The van der Waals surface area contributed by atoms with E-state index < -0.39 is 10.0 Å². The summed E-state index contributed by atoms with van der Waals surface area (Å²) in [5.41, 5.74) is 1.58. The van der Waals surface area contributed by atoms with Gasteiger partial charge in [-0.15, -0.1) is 0 Å². The van der Waals surface area contributed by atoms with E-state index in [1.54, 1.807) is 24.4 Å². The Bertz CT molecular complexity index is 695. The van der Waals surface area contributed by atoms with Crippen molar-refractivity contribution in [1.29, 1.82) is 0 Å². The van der Waals surface area contributed by atoms with Gasteiger partial charge in [-0.1, -0.05) is 36.4 Å². The van der Waals surface area contributed by atoms with Gasteiger partial charge in [-0.05, 0) is 17.2 Å². The quantitative estimate of drug-likeness (QED) is 0.888. The van der Waals surface area contributed by atoms with Gasteiger partial charge < -0.3 is 4.74 Å². The van der Waals surface area contributed by atoms with Gasteiger partial charge in [0.15, 0.2) is 0 Å². The first kappa shape index (κ1) is 15.2. The number of hydrogen-bond donors (Lipinski definition) is 1. The predicted octanol–water partition coefficient (Wildman–Crippen LogP) is 2.18. The molecule has 2 rings (SSSR count). The van der Waals surface area contributed by atoms with Crippen LogP contribution in [0.15, 0.2) is 54.1 Å². The third kappa shape index (κ3) is 5.02. The van der Waals surface area contributed by atoms with Gasteiger partial charge in [0.2, 0.25) is 15.9 Å². The lowest BCUT2D eigenvalue weighted by Crippen LogP contribution is -2.20. The van der Waals surface area contributed by atoms with Crippen LogP contribution in [0.1, 0.15) is 11.1 Å². The Balaban J connectivity index is 1.96. The van der Waals surface area contributed by atoms with Crippen LogP contribution in [0.4, 0.5) is 0 Å². The van der Waals surface area contributed by atoms with Gasteiger partial charge in [0.25, 0.3) is 0 Å². The Morgan fingerprint density at radius 3 is 2.57 bits per heavy atom. The maximum Gasteiger partial charge on any atom is 0.234 e. The molecule has 0 atom stereocenters. The fourth-order valence-electron chi connectivity index (χ4n) is 1.60. The van der Waals surface area contributed by atoms with Crippen molar-refractivity contribution >= 4 is 16.1 Å². The number of methoxy groups -OCH3 is 1. The standard InChI is InChI=1S/C15H16N2O3S/c1-20-15-8-7-14(11-16-15)12-17-21(18,19)10-9-13-5-3-2-4-6-13/h2-11,17H,12H2,1H3/b10-9+. The molecule has 0 saturated carbocycles. The molecule has 0 amide bonds. The van der Waals surface area contributed by atoms with Crippen molar-refractivity contribution in [3.8, 4) is 5.88 Å². The molecule has 0 aliphatic rings. The number of nitrogens with one attached hydrogen (secondary N) is 1. The van der Waals surface area contributed by atoms with Crippen molar-refractivity contribution < 1.29 is 13.2 Å². The normalized spacial score (nSPS) is 11.7. The lowest BCUT2D eigenvalue weighted by molar-refractivity contribution is 0.397. The molecule has 1 aromatic heterocycles. The number of rotatable bonds is 6. The van der Waals surface area contributed by atoms with Crippen LogP contribution in [-0.4, -0.2) is 20.5 Å². The summed E-state index contributed by atoms with van der Waals surface area (Å²) in [7, 11) is -1.96. The molecule has 1 aromatic carbocycles. The first-order valence-electron chi connectivity index (χ1n) is 6.31. The first-order valence-corrected chi connectivity index (χ1v) is 7.85. The van der Waals surface area contributed by atoms with Crippen molar-refractivity contribution in [3.05, 3.63) is 65.2 Å². The van der Waals surface area contributed by atoms with Gasteiger partial charge in [-0.3, -0.25) is 0 Å². The van der Waals surface area contributed by atoms with Crippen LogP contribution in [0.2, 0.25) is 0 Å². The van der Waals surface area contributed by atoms with Crippen molar-refractivity contribution in [1.82, 2.24) is 9.71 Å². The maximum absolute atomic E-state index is 11.9. The van der Waals surface area contributed by atoms with E-state index in [-0.39, 0.29) is 6.54 Å². The van der Waals surface area contributed by atoms with Gasteiger partial charge in [0.05, 0.1) is 7.11 Å². The van der Waals surface area contributed by atoms with E-state index in [1.807, 2.05) is 30.3 Å².